The predicted octanol–water partition coefficient (Wildman–Crippen LogP) is 2.97. The van der Waals surface area contributed by atoms with Crippen molar-refractivity contribution in [1.82, 2.24) is 10.6 Å². The molecule has 1 aliphatic rings. The monoisotopic (exact) mass is 433 g/mol. The normalized spacial score (nSPS) is 21.0. The number of carbonyl (C=O) groups excluding carboxylic acids is 1. The van der Waals surface area contributed by atoms with Crippen molar-refractivity contribution in [2.24, 2.45) is 0 Å². The molecule has 0 aliphatic carbocycles. The number of ether oxygens (including phenoxy) is 1. The Hall–Kier alpha value is -2.60. The summed E-state index contributed by atoms with van der Waals surface area (Å²) >= 11 is 6.03. The van der Waals surface area contributed by atoms with E-state index in [0.29, 0.717) is 5.56 Å². The number of nitrogens with one attached hydrogen (secondary N) is 2. The van der Waals surface area contributed by atoms with Gasteiger partial charge in [0.1, 0.15) is 0 Å². The number of nitriles is 1. The van der Waals surface area contributed by atoms with Gasteiger partial charge in [0.2, 0.25) is 0 Å². The van der Waals surface area contributed by atoms with Crippen LogP contribution in [0.15, 0.2) is 59.5 Å². The minimum absolute atomic E-state index is 0.0553. The summed E-state index contributed by atoms with van der Waals surface area (Å²) in [5.41, 5.74) is -0.669. The molecule has 1 fully saturated rings. The molecule has 1 heterocycles. The standard InChI is InChI=1S/C20H20ClN3O4S/c1-20(13-22,14-7-3-2-4-8-14)24-19(25)28-18-11-15(12-23-18)29(26,27)17-10-6-5-9-16(17)21/h2-10,15,18,23H,11-12H2,1H3,(H,24,25)/t15-,18+,20?/m1/s1. The fraction of sp³-hybridized carbons (Fsp3) is 0.300. The van der Waals surface area contributed by atoms with Crippen LogP contribution in [0.25, 0.3) is 0 Å². The van der Waals surface area contributed by atoms with Gasteiger partial charge in [-0.25, -0.2) is 13.2 Å². The second-order valence-corrected chi connectivity index (χ2v) is 9.47. The van der Waals surface area contributed by atoms with Gasteiger partial charge in [-0.15, -0.1) is 0 Å². The Morgan fingerprint density at radius 3 is 2.55 bits per heavy atom. The van der Waals surface area contributed by atoms with Gasteiger partial charge >= 0.3 is 6.09 Å². The third-order valence-electron chi connectivity index (χ3n) is 4.81. The molecule has 1 unspecified atom stereocenters. The third kappa shape index (κ3) is 4.53. The number of nitrogens with zero attached hydrogens (tertiary/aromatic N) is 1. The molecule has 3 atom stereocenters. The fourth-order valence-corrected chi connectivity index (χ4v) is 5.32. The van der Waals surface area contributed by atoms with Crippen LogP contribution in [0.5, 0.6) is 0 Å². The second kappa shape index (κ2) is 8.41. The molecule has 3 rings (SSSR count). The summed E-state index contributed by atoms with van der Waals surface area (Å²) in [6, 6.07) is 17.1. The zero-order chi connectivity index (χ0) is 21.1. The van der Waals surface area contributed by atoms with Gasteiger partial charge in [-0.2, -0.15) is 5.26 Å². The van der Waals surface area contributed by atoms with Crippen LogP contribution in [-0.2, 0) is 20.1 Å². The number of halogens is 1. The van der Waals surface area contributed by atoms with Crippen molar-refractivity contribution in [3.8, 4) is 6.07 Å². The maximum absolute atomic E-state index is 12.8. The highest BCUT2D eigenvalue weighted by atomic mass is 35.5. The highest BCUT2D eigenvalue weighted by molar-refractivity contribution is 7.92. The Kier molecular flexibility index (Phi) is 6.13. The van der Waals surface area contributed by atoms with Crippen LogP contribution in [-0.4, -0.2) is 32.5 Å². The van der Waals surface area contributed by atoms with E-state index in [0.717, 1.165) is 0 Å². The number of carbonyl (C=O) groups is 1. The Labute approximate surface area is 174 Å². The van der Waals surface area contributed by atoms with E-state index in [9.17, 15) is 18.5 Å². The van der Waals surface area contributed by atoms with E-state index in [-0.39, 0.29) is 22.9 Å². The molecule has 9 heteroatoms. The number of hydrogen-bond donors (Lipinski definition) is 2. The van der Waals surface area contributed by atoms with Gasteiger partial charge in [-0.05, 0) is 24.6 Å². The number of hydrogen-bond acceptors (Lipinski definition) is 6. The summed E-state index contributed by atoms with van der Waals surface area (Å²) < 4.78 is 31.0. The van der Waals surface area contributed by atoms with E-state index in [1.165, 1.54) is 12.1 Å². The number of alkyl carbamates (subject to hydrolysis) is 1. The molecule has 152 valence electrons. The highest BCUT2D eigenvalue weighted by Crippen LogP contribution is 2.28. The molecule has 7 nitrogen and oxygen atoms in total. The first-order valence-electron chi connectivity index (χ1n) is 8.93. The van der Waals surface area contributed by atoms with Crippen LogP contribution in [0, 0.1) is 11.3 Å². The summed E-state index contributed by atoms with van der Waals surface area (Å²) in [5, 5.41) is 14.3. The molecule has 1 amide bonds. The van der Waals surface area contributed by atoms with Crippen molar-refractivity contribution in [2.75, 3.05) is 6.54 Å². The van der Waals surface area contributed by atoms with Crippen molar-refractivity contribution in [2.45, 2.75) is 35.3 Å². The molecule has 0 saturated carbocycles. The SMILES string of the molecule is CC(C#N)(NC(=O)O[C@H]1C[C@@H](S(=O)(=O)c2ccccc2Cl)CN1)c1ccccc1. The molecule has 0 bridgehead atoms. The van der Waals surface area contributed by atoms with Crippen molar-refractivity contribution in [1.29, 1.82) is 5.26 Å². The predicted molar refractivity (Wildman–Crippen MR) is 108 cm³/mol. The summed E-state index contributed by atoms with van der Waals surface area (Å²) in [6.45, 7) is 1.69. The van der Waals surface area contributed by atoms with E-state index < -0.39 is 32.9 Å². The summed E-state index contributed by atoms with van der Waals surface area (Å²) in [4.78, 5) is 12.4. The zero-order valence-electron chi connectivity index (χ0n) is 15.6. The highest BCUT2D eigenvalue weighted by Gasteiger charge is 2.38. The van der Waals surface area contributed by atoms with Gasteiger partial charge in [0.05, 0.1) is 21.2 Å². The Balaban J connectivity index is 1.65. The second-order valence-electron chi connectivity index (χ2n) is 6.86. The lowest BCUT2D eigenvalue weighted by molar-refractivity contribution is 0.0844. The van der Waals surface area contributed by atoms with Gasteiger partial charge in [0.25, 0.3) is 0 Å². The van der Waals surface area contributed by atoms with Crippen molar-refractivity contribution in [3.63, 3.8) is 0 Å². The maximum atomic E-state index is 12.8. The summed E-state index contributed by atoms with van der Waals surface area (Å²) in [6.07, 6.45) is -1.53. The van der Waals surface area contributed by atoms with E-state index in [2.05, 4.69) is 16.7 Å². The maximum Gasteiger partial charge on any atom is 0.410 e. The van der Waals surface area contributed by atoms with Gasteiger partial charge < -0.3 is 4.74 Å². The van der Waals surface area contributed by atoms with Crippen LogP contribution >= 0.6 is 11.6 Å². The van der Waals surface area contributed by atoms with Crippen LogP contribution in [0.2, 0.25) is 5.02 Å². The first-order chi connectivity index (χ1) is 13.8. The molecule has 1 aliphatic heterocycles. The van der Waals surface area contributed by atoms with Gasteiger partial charge in [0, 0.05) is 13.0 Å². The summed E-state index contributed by atoms with van der Waals surface area (Å²) in [5.74, 6) is 0. The van der Waals surface area contributed by atoms with Crippen molar-refractivity contribution < 1.29 is 17.9 Å². The van der Waals surface area contributed by atoms with E-state index in [1.54, 1.807) is 43.3 Å². The Morgan fingerprint density at radius 2 is 1.90 bits per heavy atom. The summed E-state index contributed by atoms with van der Waals surface area (Å²) in [7, 11) is -3.68. The first kappa shape index (κ1) is 21.1. The lowest BCUT2D eigenvalue weighted by Crippen LogP contribution is -2.44. The van der Waals surface area contributed by atoms with Crippen LogP contribution in [0.4, 0.5) is 4.79 Å². The molecule has 2 N–H and O–H groups in total. The minimum atomic E-state index is -3.68. The van der Waals surface area contributed by atoms with Crippen LogP contribution < -0.4 is 10.6 Å². The molecular weight excluding hydrogens is 414 g/mol. The molecule has 29 heavy (non-hydrogen) atoms. The number of rotatable bonds is 5. The van der Waals surface area contributed by atoms with Crippen molar-refractivity contribution in [3.05, 3.63) is 65.2 Å². The van der Waals surface area contributed by atoms with E-state index in [4.69, 9.17) is 16.3 Å². The smallest absolute Gasteiger partial charge is 0.410 e. The number of benzene rings is 2. The first-order valence-corrected chi connectivity index (χ1v) is 10.9. The molecule has 1 saturated heterocycles. The average Bonchev–Trinajstić information content (AvgIpc) is 3.18. The van der Waals surface area contributed by atoms with Gasteiger partial charge in [0.15, 0.2) is 21.6 Å². The fourth-order valence-electron chi connectivity index (χ4n) is 3.15. The quantitative estimate of drug-likeness (QED) is 0.750. The zero-order valence-corrected chi connectivity index (χ0v) is 17.2. The lowest BCUT2D eigenvalue weighted by Gasteiger charge is -2.24. The topological polar surface area (TPSA) is 108 Å². The Bertz CT molecular complexity index is 1040. The molecule has 0 spiro atoms. The van der Waals surface area contributed by atoms with Crippen LogP contribution in [0.1, 0.15) is 18.9 Å². The van der Waals surface area contributed by atoms with E-state index >= 15 is 0 Å². The Morgan fingerprint density at radius 1 is 1.24 bits per heavy atom. The molecule has 2 aromatic rings. The third-order valence-corrected chi connectivity index (χ3v) is 7.46. The van der Waals surface area contributed by atoms with Crippen LogP contribution in [0.3, 0.4) is 0 Å². The number of sulfone groups is 1. The van der Waals surface area contributed by atoms with Gasteiger partial charge in [-0.3, -0.25) is 10.6 Å². The van der Waals surface area contributed by atoms with E-state index in [1.807, 2.05) is 6.07 Å². The lowest BCUT2D eigenvalue weighted by atomic mass is 9.94. The van der Waals surface area contributed by atoms with Gasteiger partial charge in [-0.1, -0.05) is 54.1 Å². The molecule has 0 aromatic heterocycles. The minimum Gasteiger partial charge on any atom is -0.430 e. The molecule has 2 aromatic carbocycles. The largest absolute Gasteiger partial charge is 0.430 e. The number of amides is 1. The molecular formula is C20H20ClN3O4S. The average molecular weight is 434 g/mol. The molecule has 0 radical (unpaired) electrons. The van der Waals surface area contributed by atoms with Crippen molar-refractivity contribution >= 4 is 27.5 Å².